The van der Waals surface area contributed by atoms with Crippen LogP contribution in [0.25, 0.3) is 0 Å². The molecule has 0 aliphatic carbocycles. The van der Waals surface area contributed by atoms with E-state index in [9.17, 15) is 4.39 Å². The van der Waals surface area contributed by atoms with Gasteiger partial charge in [0.05, 0.1) is 6.54 Å². The Morgan fingerprint density at radius 1 is 1.43 bits per heavy atom. The van der Waals surface area contributed by atoms with E-state index in [1.165, 1.54) is 30.7 Å². The highest BCUT2D eigenvalue weighted by atomic mass is 127. The predicted octanol–water partition coefficient (Wildman–Crippen LogP) is 3.39. The van der Waals surface area contributed by atoms with E-state index in [0.29, 0.717) is 11.8 Å². The molecule has 1 aliphatic rings. The van der Waals surface area contributed by atoms with E-state index in [4.69, 9.17) is 0 Å². The molecule has 0 radical (unpaired) electrons. The number of nitrogens with one attached hydrogen (secondary N) is 2. The third-order valence-electron chi connectivity index (χ3n) is 3.17. The second-order valence-electron chi connectivity index (χ2n) is 4.84. The van der Waals surface area contributed by atoms with Crippen molar-refractivity contribution in [3.8, 4) is 0 Å². The fraction of sp³-hybridized carbons (Fsp3) is 0.533. The average Bonchev–Trinajstić information content (AvgIpc) is 2.95. The fourth-order valence-corrected chi connectivity index (χ4v) is 3.36. The van der Waals surface area contributed by atoms with E-state index in [0.717, 1.165) is 24.6 Å². The van der Waals surface area contributed by atoms with Crippen LogP contribution >= 0.6 is 35.7 Å². The Hall–Kier alpha value is -0.500. The Balaban J connectivity index is 0.00000220. The van der Waals surface area contributed by atoms with Crippen LogP contribution in [0, 0.1) is 5.82 Å². The van der Waals surface area contributed by atoms with Crippen molar-refractivity contribution in [3.05, 3.63) is 35.6 Å². The molecule has 2 rings (SSSR count). The number of halogens is 2. The summed E-state index contributed by atoms with van der Waals surface area (Å²) in [6, 6.07) is 6.59. The zero-order valence-corrected chi connectivity index (χ0v) is 15.4. The van der Waals surface area contributed by atoms with E-state index < -0.39 is 0 Å². The van der Waals surface area contributed by atoms with Crippen molar-refractivity contribution in [3.63, 3.8) is 0 Å². The van der Waals surface area contributed by atoms with Crippen LogP contribution in [0.3, 0.4) is 0 Å². The minimum atomic E-state index is -0.210. The summed E-state index contributed by atoms with van der Waals surface area (Å²) in [5.74, 6) is 1.87. The summed E-state index contributed by atoms with van der Waals surface area (Å²) in [5, 5.41) is 7.29. The summed E-state index contributed by atoms with van der Waals surface area (Å²) < 4.78 is 13.1. The van der Waals surface area contributed by atoms with Gasteiger partial charge in [-0.25, -0.2) is 9.38 Å². The first kappa shape index (κ1) is 18.5. The van der Waals surface area contributed by atoms with Crippen molar-refractivity contribution in [2.45, 2.75) is 31.6 Å². The van der Waals surface area contributed by atoms with Crippen LogP contribution in [0.5, 0.6) is 0 Å². The summed E-state index contributed by atoms with van der Waals surface area (Å²) in [5.41, 5.74) is 0.887. The van der Waals surface area contributed by atoms with Crippen LogP contribution in [0.4, 0.5) is 4.39 Å². The number of thioether (sulfide) groups is 1. The Morgan fingerprint density at radius 2 is 2.29 bits per heavy atom. The van der Waals surface area contributed by atoms with Crippen LogP contribution in [0.1, 0.15) is 25.3 Å². The highest BCUT2D eigenvalue weighted by Crippen LogP contribution is 2.25. The smallest absolute Gasteiger partial charge is 0.191 e. The maximum Gasteiger partial charge on any atom is 0.191 e. The molecule has 1 fully saturated rings. The summed E-state index contributed by atoms with van der Waals surface area (Å²) in [6.07, 6.45) is 2.59. The van der Waals surface area contributed by atoms with E-state index in [1.807, 2.05) is 24.8 Å². The van der Waals surface area contributed by atoms with Gasteiger partial charge in [-0.3, -0.25) is 0 Å². The first-order chi connectivity index (χ1) is 9.78. The largest absolute Gasteiger partial charge is 0.357 e. The zero-order chi connectivity index (χ0) is 14.2. The van der Waals surface area contributed by atoms with E-state index in [1.54, 1.807) is 6.07 Å². The highest BCUT2D eigenvalue weighted by molar-refractivity contribution is 14.0. The molecule has 2 N–H and O–H groups in total. The molecule has 0 bridgehead atoms. The maximum atomic E-state index is 13.1. The third-order valence-corrected chi connectivity index (χ3v) is 4.57. The Kier molecular flexibility index (Phi) is 9.07. The van der Waals surface area contributed by atoms with Gasteiger partial charge in [-0.15, -0.1) is 24.0 Å². The molecule has 3 nitrogen and oxygen atoms in total. The maximum absolute atomic E-state index is 13.1. The number of guanidine groups is 1. The van der Waals surface area contributed by atoms with Gasteiger partial charge < -0.3 is 10.6 Å². The lowest BCUT2D eigenvalue weighted by molar-refractivity contribution is 0.625. The van der Waals surface area contributed by atoms with Gasteiger partial charge >= 0.3 is 0 Å². The van der Waals surface area contributed by atoms with Gasteiger partial charge in [-0.05, 0) is 43.2 Å². The second-order valence-corrected chi connectivity index (χ2v) is 6.25. The number of nitrogens with zero attached hydrogens (tertiary/aromatic N) is 1. The van der Waals surface area contributed by atoms with Crippen LogP contribution in [0.15, 0.2) is 29.3 Å². The Morgan fingerprint density at radius 3 is 2.95 bits per heavy atom. The molecular weight excluding hydrogens is 400 g/mol. The van der Waals surface area contributed by atoms with Crippen molar-refractivity contribution in [2.75, 3.05) is 18.8 Å². The molecule has 1 saturated heterocycles. The molecule has 6 heteroatoms. The molecule has 21 heavy (non-hydrogen) atoms. The Bertz CT molecular complexity index is 450. The first-order valence-electron chi connectivity index (χ1n) is 7.16. The monoisotopic (exact) mass is 423 g/mol. The quantitative estimate of drug-likeness (QED) is 0.433. The molecule has 1 aromatic carbocycles. The highest BCUT2D eigenvalue weighted by Gasteiger charge is 2.15. The van der Waals surface area contributed by atoms with E-state index >= 15 is 0 Å². The SMILES string of the molecule is CCNC(=NCc1cccc(F)c1)NCC1CCCS1.I. The third kappa shape index (κ3) is 6.86. The molecule has 0 aromatic heterocycles. The number of hydrogen-bond acceptors (Lipinski definition) is 2. The van der Waals surface area contributed by atoms with E-state index in [-0.39, 0.29) is 29.8 Å². The normalized spacial score (nSPS) is 18.2. The predicted molar refractivity (Wildman–Crippen MR) is 100 cm³/mol. The summed E-state index contributed by atoms with van der Waals surface area (Å²) in [7, 11) is 0. The molecule has 118 valence electrons. The van der Waals surface area contributed by atoms with Crippen LogP contribution < -0.4 is 10.6 Å². The van der Waals surface area contributed by atoms with Crippen LogP contribution in [-0.4, -0.2) is 30.1 Å². The topological polar surface area (TPSA) is 36.4 Å². The van der Waals surface area contributed by atoms with Crippen molar-refractivity contribution in [2.24, 2.45) is 4.99 Å². The van der Waals surface area contributed by atoms with Gasteiger partial charge in [0.25, 0.3) is 0 Å². The van der Waals surface area contributed by atoms with Gasteiger partial charge in [0, 0.05) is 18.3 Å². The molecular formula is C15H23FIN3S. The molecule has 1 heterocycles. The molecule has 1 aromatic rings. The van der Waals surface area contributed by atoms with Gasteiger partial charge in [-0.2, -0.15) is 11.8 Å². The van der Waals surface area contributed by atoms with Crippen molar-refractivity contribution < 1.29 is 4.39 Å². The second kappa shape index (κ2) is 10.3. The first-order valence-corrected chi connectivity index (χ1v) is 8.21. The minimum absolute atomic E-state index is 0. The van der Waals surface area contributed by atoms with Crippen molar-refractivity contribution >= 4 is 41.7 Å². The zero-order valence-electron chi connectivity index (χ0n) is 12.3. The standard InChI is InChI=1S/C15H22FN3S.HI/c1-2-17-15(19-11-14-7-4-8-20-14)18-10-12-5-3-6-13(16)9-12;/h3,5-6,9,14H,2,4,7-8,10-11H2,1H3,(H2,17,18,19);1H. The van der Waals surface area contributed by atoms with Gasteiger partial charge in [-0.1, -0.05) is 12.1 Å². The number of aliphatic imine (C=N–C) groups is 1. The van der Waals surface area contributed by atoms with Crippen LogP contribution in [-0.2, 0) is 6.54 Å². The lowest BCUT2D eigenvalue weighted by atomic mass is 10.2. The van der Waals surface area contributed by atoms with Gasteiger partial charge in [0.2, 0.25) is 0 Å². The number of hydrogen-bond donors (Lipinski definition) is 2. The fourth-order valence-electron chi connectivity index (χ4n) is 2.16. The molecule has 1 aliphatic heterocycles. The van der Waals surface area contributed by atoms with Crippen molar-refractivity contribution in [1.29, 1.82) is 0 Å². The van der Waals surface area contributed by atoms with E-state index in [2.05, 4.69) is 15.6 Å². The molecule has 0 spiro atoms. The molecule has 0 saturated carbocycles. The Labute approximate surface area is 147 Å². The van der Waals surface area contributed by atoms with Crippen LogP contribution in [0.2, 0.25) is 0 Å². The minimum Gasteiger partial charge on any atom is -0.357 e. The average molecular weight is 423 g/mol. The number of benzene rings is 1. The number of rotatable bonds is 5. The lowest BCUT2D eigenvalue weighted by Gasteiger charge is -2.14. The van der Waals surface area contributed by atoms with Crippen molar-refractivity contribution in [1.82, 2.24) is 10.6 Å². The van der Waals surface area contributed by atoms with Gasteiger partial charge in [0.15, 0.2) is 5.96 Å². The summed E-state index contributed by atoms with van der Waals surface area (Å²) >= 11 is 2.02. The molecule has 1 atom stereocenters. The van der Waals surface area contributed by atoms with Gasteiger partial charge in [0.1, 0.15) is 5.82 Å². The molecule has 1 unspecified atom stereocenters. The lowest BCUT2D eigenvalue weighted by Crippen LogP contribution is -2.40. The summed E-state index contributed by atoms with van der Waals surface area (Å²) in [4.78, 5) is 4.50. The summed E-state index contributed by atoms with van der Waals surface area (Å²) in [6.45, 7) is 4.31. The molecule has 0 amide bonds.